The summed E-state index contributed by atoms with van der Waals surface area (Å²) in [5, 5.41) is 0. The fourth-order valence-electron chi connectivity index (χ4n) is 1.40. The molecule has 2 aromatic rings. The highest BCUT2D eigenvalue weighted by atomic mass is 16.3. The lowest BCUT2D eigenvalue weighted by atomic mass is 10.1. The standard InChI is InChI=1S/C11H13NO2/c1-8-4-5-11(14-8)10(12)7-9-3-2-6-13-9/h2-6,10H,7,12H2,1H3. The molecule has 0 bridgehead atoms. The summed E-state index contributed by atoms with van der Waals surface area (Å²) in [4.78, 5) is 0. The fraction of sp³-hybridized carbons (Fsp3) is 0.273. The van der Waals surface area contributed by atoms with Crippen molar-refractivity contribution in [3.05, 3.63) is 47.8 Å². The van der Waals surface area contributed by atoms with Gasteiger partial charge in [0, 0.05) is 6.42 Å². The summed E-state index contributed by atoms with van der Waals surface area (Å²) in [6, 6.07) is 7.46. The Labute approximate surface area is 82.5 Å². The third-order valence-electron chi connectivity index (χ3n) is 2.13. The SMILES string of the molecule is Cc1ccc(C(N)Cc2ccco2)o1. The van der Waals surface area contributed by atoms with Gasteiger partial charge in [-0.1, -0.05) is 0 Å². The lowest BCUT2D eigenvalue weighted by Crippen LogP contribution is -2.11. The van der Waals surface area contributed by atoms with E-state index in [1.54, 1.807) is 6.26 Å². The molecule has 3 heteroatoms. The monoisotopic (exact) mass is 191 g/mol. The van der Waals surface area contributed by atoms with Crippen LogP contribution in [0.25, 0.3) is 0 Å². The van der Waals surface area contributed by atoms with Crippen LogP contribution in [0.4, 0.5) is 0 Å². The topological polar surface area (TPSA) is 52.3 Å². The van der Waals surface area contributed by atoms with Crippen LogP contribution in [-0.2, 0) is 6.42 Å². The van der Waals surface area contributed by atoms with Crippen molar-refractivity contribution < 1.29 is 8.83 Å². The van der Waals surface area contributed by atoms with Crippen molar-refractivity contribution in [3.63, 3.8) is 0 Å². The van der Waals surface area contributed by atoms with Crippen molar-refractivity contribution in [1.29, 1.82) is 0 Å². The molecular formula is C11H13NO2. The van der Waals surface area contributed by atoms with Crippen LogP contribution < -0.4 is 5.73 Å². The summed E-state index contributed by atoms with van der Waals surface area (Å²) in [5.74, 6) is 2.57. The first kappa shape index (κ1) is 9.09. The molecule has 2 aromatic heterocycles. The van der Waals surface area contributed by atoms with E-state index >= 15 is 0 Å². The molecule has 14 heavy (non-hydrogen) atoms. The lowest BCUT2D eigenvalue weighted by molar-refractivity contribution is 0.420. The first-order valence-corrected chi connectivity index (χ1v) is 4.60. The van der Waals surface area contributed by atoms with Gasteiger partial charge in [0.2, 0.25) is 0 Å². The summed E-state index contributed by atoms with van der Waals surface area (Å²) >= 11 is 0. The molecule has 0 aliphatic heterocycles. The molecule has 0 radical (unpaired) electrons. The molecule has 74 valence electrons. The fourth-order valence-corrected chi connectivity index (χ4v) is 1.40. The molecule has 0 aliphatic carbocycles. The smallest absolute Gasteiger partial charge is 0.121 e. The molecule has 0 saturated carbocycles. The second kappa shape index (κ2) is 3.72. The summed E-state index contributed by atoms with van der Waals surface area (Å²) in [7, 11) is 0. The van der Waals surface area contributed by atoms with Gasteiger partial charge in [-0.15, -0.1) is 0 Å². The van der Waals surface area contributed by atoms with E-state index in [4.69, 9.17) is 14.6 Å². The van der Waals surface area contributed by atoms with Crippen LogP contribution in [0.3, 0.4) is 0 Å². The molecule has 2 heterocycles. The number of rotatable bonds is 3. The van der Waals surface area contributed by atoms with Crippen molar-refractivity contribution in [2.75, 3.05) is 0 Å². The van der Waals surface area contributed by atoms with Gasteiger partial charge in [0.25, 0.3) is 0 Å². The van der Waals surface area contributed by atoms with Crippen LogP contribution in [0.2, 0.25) is 0 Å². The second-order valence-electron chi connectivity index (χ2n) is 3.34. The van der Waals surface area contributed by atoms with Crippen LogP contribution in [0.15, 0.2) is 39.4 Å². The van der Waals surface area contributed by atoms with Crippen molar-refractivity contribution in [1.82, 2.24) is 0 Å². The van der Waals surface area contributed by atoms with Gasteiger partial charge in [-0.25, -0.2) is 0 Å². The Morgan fingerprint density at radius 1 is 1.36 bits per heavy atom. The second-order valence-corrected chi connectivity index (χ2v) is 3.34. The highest BCUT2D eigenvalue weighted by Crippen LogP contribution is 2.18. The number of aryl methyl sites for hydroxylation is 1. The number of nitrogens with two attached hydrogens (primary N) is 1. The van der Waals surface area contributed by atoms with Crippen LogP contribution in [0, 0.1) is 6.92 Å². The molecule has 1 unspecified atom stereocenters. The average molecular weight is 191 g/mol. The predicted octanol–water partition coefficient (Wildman–Crippen LogP) is 2.42. The number of furan rings is 2. The summed E-state index contributed by atoms with van der Waals surface area (Å²) in [6.45, 7) is 1.91. The maximum Gasteiger partial charge on any atom is 0.121 e. The Hall–Kier alpha value is -1.48. The van der Waals surface area contributed by atoms with Crippen LogP contribution in [-0.4, -0.2) is 0 Å². The predicted molar refractivity (Wildman–Crippen MR) is 52.8 cm³/mol. The van der Waals surface area contributed by atoms with E-state index in [9.17, 15) is 0 Å². The molecule has 2 N–H and O–H groups in total. The van der Waals surface area contributed by atoms with Gasteiger partial charge >= 0.3 is 0 Å². The summed E-state index contributed by atoms with van der Waals surface area (Å²) in [5.41, 5.74) is 5.95. The van der Waals surface area contributed by atoms with E-state index in [-0.39, 0.29) is 6.04 Å². The van der Waals surface area contributed by atoms with E-state index < -0.39 is 0 Å². The minimum Gasteiger partial charge on any atom is -0.469 e. The van der Waals surface area contributed by atoms with Crippen molar-refractivity contribution in [3.8, 4) is 0 Å². The molecule has 0 saturated heterocycles. The molecule has 2 rings (SSSR count). The zero-order valence-corrected chi connectivity index (χ0v) is 8.07. The van der Waals surface area contributed by atoms with Gasteiger partial charge < -0.3 is 14.6 Å². The minimum absolute atomic E-state index is 0.130. The van der Waals surface area contributed by atoms with Gasteiger partial charge in [0.1, 0.15) is 17.3 Å². The third-order valence-corrected chi connectivity index (χ3v) is 2.13. The van der Waals surface area contributed by atoms with Gasteiger partial charge in [0.05, 0.1) is 12.3 Å². The maximum absolute atomic E-state index is 5.95. The van der Waals surface area contributed by atoms with E-state index in [0.717, 1.165) is 17.3 Å². The van der Waals surface area contributed by atoms with Crippen molar-refractivity contribution in [2.45, 2.75) is 19.4 Å². The quantitative estimate of drug-likeness (QED) is 0.810. The van der Waals surface area contributed by atoms with Gasteiger partial charge in [-0.2, -0.15) is 0 Å². The molecule has 0 aromatic carbocycles. The molecule has 0 aliphatic rings. The molecule has 0 amide bonds. The maximum atomic E-state index is 5.95. The zero-order valence-electron chi connectivity index (χ0n) is 8.07. The summed E-state index contributed by atoms with van der Waals surface area (Å²) in [6.07, 6.45) is 2.31. The number of hydrogen-bond donors (Lipinski definition) is 1. The van der Waals surface area contributed by atoms with Crippen LogP contribution >= 0.6 is 0 Å². The lowest BCUT2D eigenvalue weighted by Gasteiger charge is -2.05. The Kier molecular flexibility index (Phi) is 2.41. The normalized spacial score (nSPS) is 13.0. The van der Waals surface area contributed by atoms with E-state index in [1.807, 2.05) is 31.2 Å². The van der Waals surface area contributed by atoms with E-state index in [1.165, 1.54) is 0 Å². The van der Waals surface area contributed by atoms with Gasteiger partial charge in [0.15, 0.2) is 0 Å². The Bertz CT molecular complexity index is 389. The molecule has 0 spiro atoms. The minimum atomic E-state index is -0.130. The zero-order chi connectivity index (χ0) is 9.97. The Morgan fingerprint density at radius 3 is 2.79 bits per heavy atom. The van der Waals surface area contributed by atoms with Gasteiger partial charge in [-0.05, 0) is 31.2 Å². The highest BCUT2D eigenvalue weighted by Gasteiger charge is 2.11. The highest BCUT2D eigenvalue weighted by molar-refractivity contribution is 5.12. The van der Waals surface area contributed by atoms with E-state index in [2.05, 4.69) is 0 Å². The van der Waals surface area contributed by atoms with Gasteiger partial charge in [-0.3, -0.25) is 0 Å². The van der Waals surface area contributed by atoms with Crippen LogP contribution in [0.1, 0.15) is 23.3 Å². The first-order valence-electron chi connectivity index (χ1n) is 4.60. The summed E-state index contributed by atoms with van der Waals surface area (Å²) < 4.78 is 10.6. The van der Waals surface area contributed by atoms with E-state index in [0.29, 0.717) is 6.42 Å². The molecular weight excluding hydrogens is 178 g/mol. The Balaban J connectivity index is 2.06. The Morgan fingerprint density at radius 2 is 2.21 bits per heavy atom. The first-order chi connectivity index (χ1) is 6.75. The largest absolute Gasteiger partial charge is 0.469 e. The van der Waals surface area contributed by atoms with Crippen LogP contribution in [0.5, 0.6) is 0 Å². The number of hydrogen-bond acceptors (Lipinski definition) is 3. The third kappa shape index (κ3) is 1.88. The molecule has 1 atom stereocenters. The average Bonchev–Trinajstić information content (AvgIpc) is 2.75. The molecule has 3 nitrogen and oxygen atoms in total. The van der Waals surface area contributed by atoms with Crippen molar-refractivity contribution in [2.24, 2.45) is 5.73 Å². The molecule has 0 fully saturated rings. The van der Waals surface area contributed by atoms with Crippen molar-refractivity contribution >= 4 is 0 Å².